The summed E-state index contributed by atoms with van der Waals surface area (Å²) in [6, 6.07) is 0. The molecule has 0 aromatic carbocycles. The molecule has 6 heteroatoms. The van der Waals surface area contributed by atoms with Gasteiger partial charge >= 0.3 is 0 Å². The van der Waals surface area contributed by atoms with Gasteiger partial charge in [-0.1, -0.05) is 13.8 Å². The van der Waals surface area contributed by atoms with Gasteiger partial charge in [-0.25, -0.2) is 4.98 Å². The Bertz CT molecular complexity index is 413. The van der Waals surface area contributed by atoms with E-state index >= 15 is 0 Å². The number of aliphatic imine (C=N–C) groups is 1. The molecule has 2 N–H and O–H groups in total. The third-order valence-corrected chi connectivity index (χ3v) is 4.17. The van der Waals surface area contributed by atoms with Crippen LogP contribution in [0.3, 0.4) is 0 Å². The number of aromatic nitrogens is 1. The zero-order valence-corrected chi connectivity index (χ0v) is 14.9. The van der Waals surface area contributed by atoms with E-state index in [1.54, 1.807) is 11.3 Å². The Labute approximate surface area is 136 Å². The molecule has 1 aliphatic carbocycles. The molecule has 1 aromatic rings. The van der Waals surface area contributed by atoms with Crippen LogP contribution < -0.4 is 10.6 Å². The fraction of sp³-hybridized carbons (Fsp3) is 0.692. The number of nitrogens with zero attached hydrogens (tertiary/aromatic N) is 2. The number of hydrogen-bond donors (Lipinski definition) is 2. The summed E-state index contributed by atoms with van der Waals surface area (Å²) in [6.45, 7) is 6.12. The second-order valence-corrected chi connectivity index (χ2v) is 5.97. The van der Waals surface area contributed by atoms with Crippen LogP contribution in [-0.4, -0.2) is 24.5 Å². The fourth-order valence-corrected chi connectivity index (χ4v) is 2.46. The van der Waals surface area contributed by atoms with E-state index in [-0.39, 0.29) is 24.0 Å². The molecule has 1 fully saturated rings. The highest BCUT2D eigenvalue weighted by Crippen LogP contribution is 2.27. The first-order chi connectivity index (χ1) is 8.69. The Kier molecular flexibility index (Phi) is 7.06. The van der Waals surface area contributed by atoms with Crippen LogP contribution in [0.4, 0.5) is 0 Å². The highest BCUT2D eigenvalue weighted by atomic mass is 127. The van der Waals surface area contributed by atoms with Crippen molar-refractivity contribution in [1.29, 1.82) is 0 Å². The third kappa shape index (κ3) is 5.64. The molecule has 0 saturated heterocycles. The van der Waals surface area contributed by atoms with Gasteiger partial charge in [0, 0.05) is 24.9 Å². The number of thiazole rings is 1. The number of guanidine groups is 1. The normalized spacial score (nSPS) is 15.3. The SMILES string of the molecule is CN=C(NCc1csc(C(C)C)n1)NCC1CC1.I. The Balaban J connectivity index is 0.00000180. The monoisotopic (exact) mass is 394 g/mol. The maximum Gasteiger partial charge on any atom is 0.191 e. The molecule has 108 valence electrons. The summed E-state index contributed by atoms with van der Waals surface area (Å²) < 4.78 is 0. The molecule has 0 unspecified atom stereocenters. The lowest BCUT2D eigenvalue weighted by atomic mass is 10.2. The average Bonchev–Trinajstić information content (AvgIpc) is 3.05. The molecule has 0 spiro atoms. The second-order valence-electron chi connectivity index (χ2n) is 5.08. The molecular weight excluding hydrogens is 371 g/mol. The van der Waals surface area contributed by atoms with Crippen LogP contribution in [0.2, 0.25) is 0 Å². The van der Waals surface area contributed by atoms with Gasteiger partial charge in [0.15, 0.2) is 5.96 Å². The lowest BCUT2D eigenvalue weighted by Crippen LogP contribution is -2.37. The standard InChI is InChI=1S/C13H22N4S.HI/c1-9(2)12-17-11(8-18-12)7-16-13(14-3)15-6-10-4-5-10;/h8-10H,4-7H2,1-3H3,(H2,14,15,16);1H. The smallest absolute Gasteiger partial charge is 0.191 e. The molecule has 1 aliphatic rings. The van der Waals surface area contributed by atoms with Crippen LogP contribution in [0.15, 0.2) is 10.4 Å². The minimum absolute atomic E-state index is 0. The maximum absolute atomic E-state index is 4.60. The summed E-state index contributed by atoms with van der Waals surface area (Å²) in [5.41, 5.74) is 1.10. The molecule has 0 bridgehead atoms. The summed E-state index contributed by atoms with van der Waals surface area (Å²) in [7, 11) is 1.81. The van der Waals surface area contributed by atoms with Crippen molar-refractivity contribution in [3.05, 3.63) is 16.1 Å². The fourth-order valence-electron chi connectivity index (χ4n) is 1.63. The topological polar surface area (TPSA) is 49.3 Å². The first-order valence-corrected chi connectivity index (χ1v) is 7.45. The summed E-state index contributed by atoms with van der Waals surface area (Å²) in [5, 5.41) is 9.97. The van der Waals surface area contributed by atoms with Crippen LogP contribution in [0.25, 0.3) is 0 Å². The van der Waals surface area contributed by atoms with Crippen LogP contribution in [0, 0.1) is 5.92 Å². The Morgan fingerprint density at radius 2 is 2.21 bits per heavy atom. The summed E-state index contributed by atoms with van der Waals surface area (Å²) in [5.74, 6) is 2.24. The van der Waals surface area contributed by atoms with Crippen molar-refractivity contribution in [1.82, 2.24) is 15.6 Å². The van der Waals surface area contributed by atoms with Gasteiger partial charge in [-0.15, -0.1) is 35.3 Å². The van der Waals surface area contributed by atoms with Gasteiger partial charge < -0.3 is 10.6 Å². The summed E-state index contributed by atoms with van der Waals surface area (Å²) in [6.07, 6.45) is 2.71. The van der Waals surface area contributed by atoms with Gasteiger partial charge in [-0.05, 0) is 18.8 Å². The van der Waals surface area contributed by atoms with Crippen molar-refractivity contribution in [3.8, 4) is 0 Å². The number of rotatable bonds is 5. The van der Waals surface area contributed by atoms with E-state index < -0.39 is 0 Å². The second kappa shape index (κ2) is 8.04. The maximum atomic E-state index is 4.60. The van der Waals surface area contributed by atoms with Crippen molar-refractivity contribution >= 4 is 41.3 Å². The van der Waals surface area contributed by atoms with Gasteiger partial charge in [0.25, 0.3) is 0 Å². The molecule has 2 rings (SSSR count). The zero-order chi connectivity index (χ0) is 13.0. The highest BCUT2D eigenvalue weighted by Gasteiger charge is 2.21. The van der Waals surface area contributed by atoms with Gasteiger partial charge in [0.2, 0.25) is 0 Å². The molecule has 0 atom stereocenters. The summed E-state index contributed by atoms with van der Waals surface area (Å²) >= 11 is 1.73. The van der Waals surface area contributed by atoms with Crippen molar-refractivity contribution in [3.63, 3.8) is 0 Å². The molecule has 0 aliphatic heterocycles. The summed E-state index contributed by atoms with van der Waals surface area (Å²) in [4.78, 5) is 8.81. The van der Waals surface area contributed by atoms with E-state index in [9.17, 15) is 0 Å². The number of hydrogen-bond acceptors (Lipinski definition) is 3. The number of halogens is 1. The highest BCUT2D eigenvalue weighted by molar-refractivity contribution is 14.0. The first-order valence-electron chi connectivity index (χ1n) is 6.58. The lowest BCUT2D eigenvalue weighted by molar-refractivity contribution is 0.732. The molecular formula is C13H23IN4S. The molecule has 4 nitrogen and oxygen atoms in total. The Morgan fingerprint density at radius 1 is 1.47 bits per heavy atom. The van der Waals surface area contributed by atoms with Gasteiger partial charge in [0.1, 0.15) is 0 Å². The first kappa shape index (κ1) is 16.7. The van der Waals surface area contributed by atoms with E-state index in [1.165, 1.54) is 17.8 Å². The van der Waals surface area contributed by atoms with Crippen molar-refractivity contribution in [2.75, 3.05) is 13.6 Å². The van der Waals surface area contributed by atoms with Crippen molar-refractivity contribution in [2.45, 2.75) is 39.2 Å². The van der Waals surface area contributed by atoms with Crippen LogP contribution in [0.1, 0.15) is 43.3 Å². The van der Waals surface area contributed by atoms with Crippen molar-refractivity contribution in [2.24, 2.45) is 10.9 Å². The minimum Gasteiger partial charge on any atom is -0.356 e. The van der Waals surface area contributed by atoms with Crippen LogP contribution in [-0.2, 0) is 6.54 Å². The average molecular weight is 394 g/mol. The Morgan fingerprint density at radius 3 is 2.74 bits per heavy atom. The molecule has 0 radical (unpaired) electrons. The Hall–Kier alpha value is -0.370. The van der Waals surface area contributed by atoms with Crippen molar-refractivity contribution < 1.29 is 0 Å². The largest absolute Gasteiger partial charge is 0.356 e. The van der Waals surface area contributed by atoms with E-state index in [2.05, 4.69) is 39.8 Å². The predicted octanol–water partition coefficient (Wildman–Crippen LogP) is 2.96. The lowest BCUT2D eigenvalue weighted by Gasteiger charge is -2.10. The number of nitrogens with one attached hydrogen (secondary N) is 2. The van der Waals surface area contributed by atoms with Gasteiger partial charge in [-0.3, -0.25) is 4.99 Å². The zero-order valence-electron chi connectivity index (χ0n) is 11.8. The van der Waals surface area contributed by atoms with Gasteiger partial charge in [0.05, 0.1) is 17.2 Å². The van der Waals surface area contributed by atoms with Gasteiger partial charge in [-0.2, -0.15) is 0 Å². The van der Waals surface area contributed by atoms with E-state index in [4.69, 9.17) is 0 Å². The van der Waals surface area contributed by atoms with E-state index in [1.807, 2.05) is 7.05 Å². The molecule has 1 aromatic heterocycles. The quantitative estimate of drug-likeness (QED) is 0.459. The molecule has 19 heavy (non-hydrogen) atoms. The molecule has 0 amide bonds. The predicted molar refractivity (Wildman–Crippen MR) is 92.5 cm³/mol. The van der Waals surface area contributed by atoms with E-state index in [0.29, 0.717) is 5.92 Å². The van der Waals surface area contributed by atoms with Crippen LogP contribution in [0.5, 0.6) is 0 Å². The van der Waals surface area contributed by atoms with E-state index in [0.717, 1.165) is 30.7 Å². The minimum atomic E-state index is 0. The van der Waals surface area contributed by atoms with Crippen LogP contribution >= 0.6 is 35.3 Å². The molecule has 1 heterocycles. The molecule has 1 saturated carbocycles. The third-order valence-electron chi connectivity index (χ3n) is 2.98.